The molecule has 2 aliphatic rings. The third-order valence-electron chi connectivity index (χ3n) is 6.13. The van der Waals surface area contributed by atoms with Crippen LogP contribution < -0.4 is 26.0 Å². The number of pyridine rings is 1. The Hall–Kier alpha value is -4.86. The third kappa shape index (κ3) is 6.04. The number of amides is 3. The summed E-state index contributed by atoms with van der Waals surface area (Å²) in [6.07, 6.45) is 8.39. The van der Waals surface area contributed by atoms with Crippen LogP contribution in [0.1, 0.15) is 22.4 Å². The lowest BCUT2D eigenvalue weighted by molar-refractivity contribution is -0.685. The first-order valence-corrected chi connectivity index (χ1v) is 15.2. The van der Waals surface area contributed by atoms with Gasteiger partial charge in [-0.2, -0.15) is 9.83 Å². The molecule has 0 aliphatic carbocycles. The van der Waals surface area contributed by atoms with Crippen molar-refractivity contribution in [2.45, 2.75) is 24.9 Å². The molecule has 0 radical (unpaired) electrons. The Morgan fingerprint density at radius 1 is 1.40 bits per heavy atom. The fourth-order valence-electron chi connectivity index (χ4n) is 4.25. The standard InChI is InChI=1S/C25H21N9O6S3/c1-2-40-32-16(14-10-42-25(27)30-14)19(35)31-17-22(37)34-18(24(38)39)12(9-41-23(17)34)4-3-6-33-7-5-15-13(8-33)29-21(43-15)20(36)28-11-26/h3-5,7-8,10,17,23H,2,6,9H2,1H3,(H4-,27,28,30,31,35,36,38,39)/b4-3+,32-16-/t17-,23-/m1/s1. The van der Waals surface area contributed by atoms with Crippen molar-refractivity contribution in [1.29, 1.82) is 5.26 Å². The molecule has 0 saturated carbocycles. The average molecular weight is 640 g/mol. The number of carboxylic acids is 1. The lowest BCUT2D eigenvalue weighted by Gasteiger charge is -2.50. The highest BCUT2D eigenvalue weighted by molar-refractivity contribution is 8.00. The molecule has 5 heterocycles. The van der Waals surface area contributed by atoms with Gasteiger partial charge in [0.25, 0.3) is 17.7 Å². The van der Waals surface area contributed by atoms with Crippen LogP contribution in [0.3, 0.4) is 0 Å². The van der Waals surface area contributed by atoms with Crippen molar-refractivity contribution in [2.24, 2.45) is 5.16 Å². The number of thioether (sulfide) groups is 1. The summed E-state index contributed by atoms with van der Waals surface area (Å²) >= 11 is 3.55. The smallest absolute Gasteiger partial charge is 0.293 e. The molecule has 15 nitrogen and oxygen atoms in total. The summed E-state index contributed by atoms with van der Waals surface area (Å²) in [5.74, 6) is -3.18. The number of aromatic nitrogens is 3. The lowest BCUT2D eigenvalue weighted by Crippen LogP contribution is -2.71. The zero-order valence-electron chi connectivity index (χ0n) is 22.2. The molecule has 220 valence electrons. The number of anilines is 1. The minimum Gasteiger partial charge on any atom is -0.543 e. The second kappa shape index (κ2) is 12.6. The molecule has 1 fully saturated rings. The summed E-state index contributed by atoms with van der Waals surface area (Å²) in [6, 6.07) is 0.776. The molecule has 5 rings (SSSR count). The first-order valence-electron chi connectivity index (χ1n) is 12.5. The maximum absolute atomic E-state index is 13.1. The van der Waals surface area contributed by atoms with E-state index in [2.05, 4.69) is 20.4 Å². The molecule has 0 spiro atoms. The number of rotatable bonds is 10. The molecule has 2 atom stereocenters. The van der Waals surface area contributed by atoms with Gasteiger partial charge in [-0.25, -0.2) is 9.97 Å². The monoisotopic (exact) mass is 639 g/mol. The van der Waals surface area contributed by atoms with Crippen LogP contribution in [0.5, 0.6) is 0 Å². The van der Waals surface area contributed by atoms with Crippen LogP contribution in [0.4, 0.5) is 5.13 Å². The molecular formula is C25H21N9O6S3. The highest BCUT2D eigenvalue weighted by Gasteiger charge is 2.53. The van der Waals surface area contributed by atoms with Gasteiger partial charge in [0, 0.05) is 17.2 Å². The van der Waals surface area contributed by atoms with Gasteiger partial charge >= 0.3 is 0 Å². The zero-order valence-corrected chi connectivity index (χ0v) is 24.6. The van der Waals surface area contributed by atoms with Gasteiger partial charge in [0.05, 0.1) is 16.4 Å². The van der Waals surface area contributed by atoms with Gasteiger partial charge < -0.3 is 25.8 Å². The maximum atomic E-state index is 13.1. The summed E-state index contributed by atoms with van der Waals surface area (Å²) in [7, 11) is 0. The van der Waals surface area contributed by atoms with E-state index in [1.54, 1.807) is 48.3 Å². The third-order valence-corrected chi connectivity index (χ3v) is 9.14. The molecule has 0 bridgehead atoms. The van der Waals surface area contributed by atoms with E-state index < -0.39 is 35.1 Å². The number of nitrogens with two attached hydrogens (primary N) is 1. The second-order valence-electron chi connectivity index (χ2n) is 8.83. The number of nitriles is 1. The number of allylic oxidation sites excluding steroid dienone is 2. The van der Waals surface area contributed by atoms with Gasteiger partial charge in [-0.1, -0.05) is 11.2 Å². The van der Waals surface area contributed by atoms with Crippen molar-refractivity contribution in [3.63, 3.8) is 0 Å². The van der Waals surface area contributed by atoms with Crippen molar-refractivity contribution < 1.29 is 33.7 Å². The number of hydrogen-bond donors (Lipinski definition) is 3. The van der Waals surface area contributed by atoms with Gasteiger partial charge in [0.15, 0.2) is 41.0 Å². The minimum atomic E-state index is -1.51. The molecular weight excluding hydrogens is 619 g/mol. The molecule has 18 heteroatoms. The lowest BCUT2D eigenvalue weighted by atomic mass is 10.0. The van der Waals surface area contributed by atoms with Crippen molar-refractivity contribution in [3.8, 4) is 6.19 Å². The molecule has 0 aromatic carbocycles. The quantitative estimate of drug-likeness (QED) is 0.0625. The van der Waals surface area contributed by atoms with E-state index in [0.29, 0.717) is 17.6 Å². The van der Waals surface area contributed by atoms with Crippen molar-refractivity contribution in [3.05, 3.63) is 58.0 Å². The van der Waals surface area contributed by atoms with Crippen molar-refractivity contribution >= 4 is 79.2 Å². The number of nitrogens with one attached hydrogen (secondary N) is 2. The number of aliphatic carboxylic acids is 1. The van der Waals surface area contributed by atoms with Gasteiger partial charge in [0.2, 0.25) is 0 Å². The number of fused-ring (bicyclic) bond motifs is 2. The molecule has 1 saturated heterocycles. The van der Waals surface area contributed by atoms with Crippen LogP contribution in [0, 0.1) is 11.5 Å². The molecule has 4 N–H and O–H groups in total. The van der Waals surface area contributed by atoms with E-state index in [0.717, 1.165) is 32.3 Å². The Bertz CT molecular complexity index is 1770. The molecule has 0 unspecified atom stereocenters. The highest BCUT2D eigenvalue weighted by atomic mass is 32.2. The van der Waals surface area contributed by atoms with E-state index in [4.69, 9.17) is 15.8 Å². The zero-order chi connectivity index (χ0) is 30.7. The summed E-state index contributed by atoms with van der Waals surface area (Å²) < 4.78 is 2.53. The number of nitrogen functional groups attached to an aromatic ring is 1. The molecule has 3 aromatic rings. The van der Waals surface area contributed by atoms with Crippen molar-refractivity contribution in [1.82, 2.24) is 25.5 Å². The number of oxime groups is 1. The van der Waals surface area contributed by atoms with Crippen LogP contribution >= 0.6 is 34.4 Å². The van der Waals surface area contributed by atoms with Crippen LogP contribution in [-0.4, -0.2) is 68.0 Å². The molecule has 3 aromatic heterocycles. The summed E-state index contributed by atoms with van der Waals surface area (Å²) in [5, 5.41) is 30.5. The van der Waals surface area contributed by atoms with Gasteiger partial charge in [-0.15, -0.1) is 34.4 Å². The second-order valence-corrected chi connectivity index (χ2v) is 11.9. The largest absolute Gasteiger partial charge is 0.543 e. The van der Waals surface area contributed by atoms with Crippen LogP contribution in [-0.2, 0) is 25.8 Å². The molecule has 2 aliphatic heterocycles. The number of carboxylic acid groups (broad SMARTS) is 1. The van der Waals surface area contributed by atoms with Gasteiger partial charge in [-0.3, -0.25) is 24.6 Å². The number of thiazole rings is 2. The Balaban J connectivity index is 1.29. The Morgan fingerprint density at radius 2 is 2.21 bits per heavy atom. The predicted octanol–water partition coefficient (Wildman–Crippen LogP) is -0.766. The topological polar surface area (TPSA) is 220 Å². The fourth-order valence-corrected chi connectivity index (χ4v) is 6.94. The fraction of sp³-hybridized carbons (Fsp3) is 0.240. The average Bonchev–Trinajstić information content (AvgIpc) is 3.61. The Morgan fingerprint density at radius 3 is 2.91 bits per heavy atom. The number of carbonyl (C=O) groups excluding carboxylic acids is 4. The SMILES string of the molecule is CCO/N=C(\C(=O)N[C@@H]1C(=O)N2C(C(=O)[O-])=C(/C=C/C[n+]3ccc4sc(C(=O)NC#N)nc4c3)CS[C@H]12)c1csc(N)n1. The molecule has 3 amide bonds. The van der Waals surface area contributed by atoms with E-state index in [1.165, 1.54) is 17.1 Å². The van der Waals surface area contributed by atoms with Crippen molar-refractivity contribution in [2.75, 3.05) is 18.1 Å². The summed E-state index contributed by atoms with van der Waals surface area (Å²) in [6.45, 7) is 2.22. The Labute approximate surface area is 255 Å². The first kappa shape index (κ1) is 29.6. The summed E-state index contributed by atoms with van der Waals surface area (Å²) in [5.41, 5.74) is 6.38. The van der Waals surface area contributed by atoms with E-state index in [9.17, 15) is 24.3 Å². The van der Waals surface area contributed by atoms with Gasteiger partial charge in [0.1, 0.15) is 29.2 Å². The Kier molecular flexibility index (Phi) is 8.66. The van der Waals surface area contributed by atoms with E-state index in [-0.39, 0.29) is 39.6 Å². The number of carbonyl (C=O) groups is 4. The number of β-lactam (4-membered cyclic amide) rings is 1. The normalized spacial score (nSPS) is 18.3. The van der Waals surface area contributed by atoms with Crippen LogP contribution in [0.2, 0.25) is 0 Å². The minimum absolute atomic E-state index is 0.154. The van der Waals surface area contributed by atoms with Gasteiger partial charge in [-0.05, 0) is 18.6 Å². The number of hydrogen-bond acceptors (Lipinski definition) is 14. The van der Waals surface area contributed by atoms with Crippen LogP contribution in [0.25, 0.3) is 10.2 Å². The highest BCUT2D eigenvalue weighted by Crippen LogP contribution is 2.40. The van der Waals surface area contributed by atoms with E-state index >= 15 is 0 Å². The first-order chi connectivity index (χ1) is 20.7. The maximum Gasteiger partial charge on any atom is 0.293 e. The van der Waals surface area contributed by atoms with Crippen LogP contribution in [0.15, 0.2) is 52.4 Å². The predicted molar refractivity (Wildman–Crippen MR) is 154 cm³/mol. The number of nitrogens with zero attached hydrogens (tertiary/aromatic N) is 6. The molecule has 43 heavy (non-hydrogen) atoms. The summed E-state index contributed by atoms with van der Waals surface area (Å²) in [4.78, 5) is 64.5. The van der Waals surface area contributed by atoms with E-state index in [1.807, 2.05) is 5.32 Å².